The van der Waals surface area contributed by atoms with E-state index in [1.165, 1.54) is 25.3 Å². The quantitative estimate of drug-likeness (QED) is 0.627. The van der Waals surface area contributed by atoms with Gasteiger partial charge in [0.1, 0.15) is 0 Å². The summed E-state index contributed by atoms with van der Waals surface area (Å²) in [7, 11) is 1.38. The van der Waals surface area contributed by atoms with Crippen LogP contribution in [0.4, 0.5) is 4.39 Å². The minimum absolute atomic E-state index is 0.190. The van der Waals surface area contributed by atoms with Crippen molar-refractivity contribution in [1.82, 2.24) is 0 Å². The second-order valence-corrected chi connectivity index (χ2v) is 5.31. The molecular weight excluding hydrogens is 295 g/mol. The summed E-state index contributed by atoms with van der Waals surface area (Å²) in [5, 5.41) is 9.37. The van der Waals surface area contributed by atoms with Gasteiger partial charge in [-0.25, -0.2) is 4.39 Å². The summed E-state index contributed by atoms with van der Waals surface area (Å²) in [6.45, 7) is 5.97. The number of rotatable bonds is 6. The van der Waals surface area contributed by atoms with Crippen molar-refractivity contribution in [2.75, 3.05) is 7.11 Å². The topological polar surface area (TPSA) is 46.5 Å². The molecule has 0 amide bonds. The highest BCUT2D eigenvalue weighted by Gasteiger charge is 2.17. The molecule has 0 aliphatic rings. The van der Waals surface area contributed by atoms with Gasteiger partial charge in [-0.3, -0.25) is 4.79 Å². The van der Waals surface area contributed by atoms with E-state index in [1.54, 1.807) is 18.2 Å². The van der Waals surface area contributed by atoms with Crippen molar-refractivity contribution in [1.29, 1.82) is 0 Å². The molecule has 0 aliphatic heterocycles. The Morgan fingerprint density at radius 2 is 1.91 bits per heavy atom. The Bertz CT molecular complexity index is 609. The van der Waals surface area contributed by atoms with Gasteiger partial charge in [0.2, 0.25) is 0 Å². The summed E-state index contributed by atoms with van der Waals surface area (Å²) >= 11 is 0. The first-order valence-corrected chi connectivity index (χ1v) is 7.53. The molecule has 1 rings (SSSR count). The minimum Gasteiger partial charge on any atom is -0.505 e. The van der Waals surface area contributed by atoms with Crippen molar-refractivity contribution in [3.05, 3.63) is 66.0 Å². The van der Waals surface area contributed by atoms with Gasteiger partial charge in [-0.1, -0.05) is 49.4 Å². The average molecular weight is 318 g/mol. The van der Waals surface area contributed by atoms with E-state index in [2.05, 4.69) is 6.58 Å². The molecule has 0 heterocycles. The summed E-state index contributed by atoms with van der Waals surface area (Å²) < 4.78 is 18.2. The maximum absolute atomic E-state index is 13.4. The minimum atomic E-state index is -0.692. The fourth-order valence-electron chi connectivity index (χ4n) is 2.19. The molecule has 1 N–H and O–H groups in total. The van der Waals surface area contributed by atoms with Crippen LogP contribution in [-0.2, 0) is 16.0 Å². The Morgan fingerprint density at radius 1 is 1.26 bits per heavy atom. The molecule has 1 unspecified atom stereocenters. The van der Waals surface area contributed by atoms with Gasteiger partial charge in [0, 0.05) is 0 Å². The van der Waals surface area contributed by atoms with Crippen LogP contribution in [0.5, 0.6) is 5.75 Å². The molecular formula is C19H23FO3. The monoisotopic (exact) mass is 318 g/mol. The Morgan fingerprint density at radius 3 is 2.57 bits per heavy atom. The van der Waals surface area contributed by atoms with Crippen molar-refractivity contribution in [2.45, 2.75) is 26.2 Å². The Balaban J connectivity index is 2.89. The van der Waals surface area contributed by atoms with E-state index >= 15 is 0 Å². The standard InChI is InChI=1S/C19H23FO3/c1-4-16(19(22)23-3)13-14(2)12-15-8-5-6-11-18(21)17(20)10-7-9-15/h5-11,16,21H,2,4,12-13H2,1,3H3. The smallest absolute Gasteiger partial charge is 0.308 e. The lowest BCUT2D eigenvalue weighted by molar-refractivity contribution is -0.145. The van der Waals surface area contributed by atoms with E-state index in [1.807, 2.05) is 13.0 Å². The molecule has 4 heteroatoms. The third-order valence-electron chi connectivity index (χ3n) is 3.49. The van der Waals surface area contributed by atoms with Crippen LogP contribution in [0.15, 0.2) is 54.6 Å². The lowest BCUT2D eigenvalue weighted by Crippen LogP contribution is -2.16. The summed E-state index contributed by atoms with van der Waals surface area (Å²) in [6.07, 6.45) is 1.83. The van der Waals surface area contributed by atoms with E-state index in [9.17, 15) is 14.3 Å². The zero-order chi connectivity index (χ0) is 17.2. The molecule has 0 aromatic heterocycles. The van der Waals surface area contributed by atoms with Gasteiger partial charge in [0.05, 0.1) is 13.0 Å². The van der Waals surface area contributed by atoms with Gasteiger partial charge in [0.25, 0.3) is 0 Å². The summed E-state index contributed by atoms with van der Waals surface area (Å²) in [4.78, 5) is 11.6. The lowest BCUT2D eigenvalue weighted by atomic mass is 9.94. The first kappa shape index (κ1) is 18.7. The van der Waals surface area contributed by atoms with Crippen LogP contribution in [0.3, 0.4) is 0 Å². The van der Waals surface area contributed by atoms with Crippen LogP contribution in [-0.4, -0.2) is 18.2 Å². The first-order valence-electron chi connectivity index (χ1n) is 7.53. The highest BCUT2D eigenvalue weighted by Crippen LogP contribution is 2.19. The Hall–Kier alpha value is -2.36. The molecule has 1 aromatic carbocycles. The Labute approximate surface area is 136 Å². The van der Waals surface area contributed by atoms with Crippen molar-refractivity contribution >= 4 is 5.97 Å². The first-order chi connectivity index (χ1) is 11.0. The van der Waals surface area contributed by atoms with Gasteiger partial charge in [0.15, 0.2) is 11.6 Å². The van der Waals surface area contributed by atoms with Gasteiger partial charge in [-0.15, -0.1) is 0 Å². The van der Waals surface area contributed by atoms with Crippen molar-refractivity contribution in [3.8, 4) is 5.75 Å². The predicted octanol–water partition coefficient (Wildman–Crippen LogP) is 4.34. The lowest BCUT2D eigenvalue weighted by Gasteiger charge is -2.13. The molecule has 0 saturated carbocycles. The maximum atomic E-state index is 13.4. The van der Waals surface area contributed by atoms with Crippen LogP contribution >= 0.6 is 0 Å². The van der Waals surface area contributed by atoms with Crippen molar-refractivity contribution in [3.63, 3.8) is 0 Å². The number of carbonyl (C=O) groups excluding carboxylic acids is 1. The van der Waals surface area contributed by atoms with E-state index in [0.717, 1.165) is 11.1 Å². The van der Waals surface area contributed by atoms with Gasteiger partial charge in [-0.05, 0) is 37.0 Å². The number of allylic oxidation sites excluding steroid dienone is 1. The third-order valence-corrected chi connectivity index (χ3v) is 3.49. The fraction of sp³-hybridized carbons (Fsp3) is 0.316. The zero-order valence-corrected chi connectivity index (χ0v) is 13.6. The van der Waals surface area contributed by atoms with Gasteiger partial charge < -0.3 is 9.84 Å². The molecule has 0 aliphatic carbocycles. The third kappa shape index (κ3) is 6.51. The van der Waals surface area contributed by atoms with Crippen LogP contribution in [0.1, 0.15) is 25.3 Å². The predicted molar refractivity (Wildman–Crippen MR) is 89.0 cm³/mol. The molecule has 0 spiro atoms. The average Bonchev–Trinajstić information content (AvgIpc) is 2.54. The molecule has 0 saturated heterocycles. The number of aromatic hydroxyl groups is 1. The van der Waals surface area contributed by atoms with Gasteiger partial charge >= 0.3 is 5.97 Å². The van der Waals surface area contributed by atoms with E-state index < -0.39 is 11.6 Å². The molecule has 1 atom stereocenters. The van der Waals surface area contributed by atoms with E-state index in [-0.39, 0.29) is 11.9 Å². The molecule has 3 nitrogen and oxygen atoms in total. The fourth-order valence-corrected chi connectivity index (χ4v) is 2.19. The van der Waals surface area contributed by atoms with Crippen molar-refractivity contribution < 1.29 is 19.0 Å². The summed E-state index contributed by atoms with van der Waals surface area (Å²) in [5.74, 6) is -1.52. The highest BCUT2D eigenvalue weighted by molar-refractivity contribution is 5.72. The normalized spacial score (nSPS) is 11.3. The number of carbonyl (C=O) groups is 1. The second kappa shape index (κ2) is 9.62. The molecule has 1 aromatic rings. The Kier molecular flexibility index (Phi) is 7.81. The molecule has 0 fully saturated rings. The number of esters is 1. The number of methoxy groups -OCH3 is 1. The van der Waals surface area contributed by atoms with Crippen LogP contribution < -0.4 is 0 Å². The maximum Gasteiger partial charge on any atom is 0.308 e. The van der Waals surface area contributed by atoms with E-state index in [4.69, 9.17) is 4.74 Å². The molecule has 0 radical (unpaired) electrons. The molecule has 0 bridgehead atoms. The largest absolute Gasteiger partial charge is 0.505 e. The van der Waals surface area contributed by atoms with Crippen LogP contribution in [0.25, 0.3) is 0 Å². The zero-order valence-electron chi connectivity index (χ0n) is 13.6. The number of hydrogen-bond acceptors (Lipinski definition) is 3. The van der Waals surface area contributed by atoms with Crippen LogP contribution in [0.2, 0.25) is 0 Å². The number of ether oxygens (including phenoxy) is 1. The van der Waals surface area contributed by atoms with E-state index in [0.29, 0.717) is 19.3 Å². The summed E-state index contributed by atoms with van der Waals surface area (Å²) in [6, 6.07) is 10.9. The summed E-state index contributed by atoms with van der Waals surface area (Å²) in [5.41, 5.74) is 1.84. The number of hydrogen-bond donors (Lipinski definition) is 1. The van der Waals surface area contributed by atoms with Gasteiger partial charge in [-0.2, -0.15) is 0 Å². The molecule has 23 heavy (non-hydrogen) atoms. The molecule has 124 valence electrons. The van der Waals surface area contributed by atoms with Crippen molar-refractivity contribution in [2.24, 2.45) is 5.92 Å². The highest BCUT2D eigenvalue weighted by atomic mass is 19.1. The van der Waals surface area contributed by atoms with Crippen LogP contribution in [0, 0.1) is 11.7 Å². The SMILES string of the molecule is C=C(Cc1ccccc(O)c(F)ccc1)CC(CC)C(=O)OC. The second-order valence-electron chi connectivity index (χ2n) is 5.31. The number of halogens is 1.